The standard InChI is InChI=1S/C12H13NO4/c1-8-2-5-10(13(15)16)12(6-8)17-7-11(14)9-3-4-9/h2,5-6,9H,3-4,7H2,1H3. The number of aryl methyl sites for hydroxylation is 1. The molecule has 0 amide bonds. The van der Waals surface area contributed by atoms with Crippen LogP contribution in [0.1, 0.15) is 18.4 Å². The number of carbonyl (C=O) groups is 1. The molecule has 0 aromatic heterocycles. The molecule has 5 nitrogen and oxygen atoms in total. The van der Waals surface area contributed by atoms with Crippen LogP contribution in [-0.4, -0.2) is 17.3 Å². The molecule has 1 aliphatic rings. The van der Waals surface area contributed by atoms with Crippen molar-refractivity contribution in [2.24, 2.45) is 5.92 Å². The lowest BCUT2D eigenvalue weighted by atomic mass is 10.2. The number of rotatable bonds is 5. The summed E-state index contributed by atoms with van der Waals surface area (Å²) >= 11 is 0. The summed E-state index contributed by atoms with van der Waals surface area (Å²) in [5.41, 5.74) is 0.767. The number of hydrogen-bond donors (Lipinski definition) is 0. The molecule has 0 heterocycles. The number of carbonyl (C=O) groups excluding carboxylic acids is 1. The molecule has 0 N–H and O–H groups in total. The van der Waals surface area contributed by atoms with Crippen LogP contribution in [0.25, 0.3) is 0 Å². The Morgan fingerprint density at radius 1 is 1.53 bits per heavy atom. The van der Waals surface area contributed by atoms with Crippen LogP contribution < -0.4 is 4.74 Å². The highest BCUT2D eigenvalue weighted by atomic mass is 16.6. The Labute approximate surface area is 98.5 Å². The predicted octanol–water partition coefficient (Wildman–Crippen LogP) is 2.26. The van der Waals surface area contributed by atoms with E-state index in [1.807, 2.05) is 6.92 Å². The van der Waals surface area contributed by atoms with Gasteiger partial charge >= 0.3 is 5.69 Å². The highest BCUT2D eigenvalue weighted by Crippen LogP contribution is 2.31. The molecular weight excluding hydrogens is 222 g/mol. The summed E-state index contributed by atoms with van der Waals surface area (Å²) < 4.78 is 5.25. The average Bonchev–Trinajstić information content (AvgIpc) is 3.09. The summed E-state index contributed by atoms with van der Waals surface area (Å²) in [6.45, 7) is 1.74. The van der Waals surface area contributed by atoms with Crippen LogP contribution in [0.15, 0.2) is 18.2 Å². The second kappa shape index (κ2) is 4.53. The van der Waals surface area contributed by atoms with Gasteiger partial charge in [0.1, 0.15) is 6.61 Å². The number of nitrogens with zero attached hydrogens (tertiary/aromatic N) is 1. The zero-order valence-electron chi connectivity index (χ0n) is 9.51. The van der Waals surface area contributed by atoms with Crippen LogP contribution >= 0.6 is 0 Å². The third kappa shape index (κ3) is 2.81. The molecule has 0 aliphatic heterocycles. The molecule has 0 saturated heterocycles. The number of nitro groups is 1. The van der Waals surface area contributed by atoms with E-state index in [0.717, 1.165) is 18.4 Å². The van der Waals surface area contributed by atoms with E-state index in [4.69, 9.17) is 4.74 Å². The molecule has 2 rings (SSSR count). The minimum Gasteiger partial charge on any atom is -0.479 e. The Kier molecular flexibility index (Phi) is 3.08. The molecule has 0 radical (unpaired) electrons. The molecule has 1 aliphatic carbocycles. The maximum Gasteiger partial charge on any atom is 0.310 e. The minimum atomic E-state index is -0.504. The molecule has 1 aromatic rings. The molecule has 17 heavy (non-hydrogen) atoms. The molecule has 0 atom stereocenters. The van der Waals surface area contributed by atoms with E-state index in [1.165, 1.54) is 6.07 Å². The minimum absolute atomic E-state index is 0.0285. The maximum absolute atomic E-state index is 11.4. The molecule has 0 unspecified atom stereocenters. The van der Waals surface area contributed by atoms with Crippen LogP contribution in [0.4, 0.5) is 5.69 Å². The quantitative estimate of drug-likeness (QED) is 0.579. The van der Waals surface area contributed by atoms with E-state index < -0.39 is 4.92 Å². The van der Waals surface area contributed by atoms with E-state index in [1.54, 1.807) is 12.1 Å². The van der Waals surface area contributed by atoms with Crippen LogP contribution in [0, 0.1) is 23.0 Å². The molecule has 0 bridgehead atoms. The Hall–Kier alpha value is -1.91. The van der Waals surface area contributed by atoms with E-state index >= 15 is 0 Å². The van der Waals surface area contributed by atoms with E-state index in [2.05, 4.69) is 0 Å². The molecule has 0 spiro atoms. The molecule has 1 aromatic carbocycles. The first-order valence-electron chi connectivity index (χ1n) is 5.48. The lowest BCUT2D eigenvalue weighted by Gasteiger charge is -2.06. The Bertz CT molecular complexity index is 466. The average molecular weight is 235 g/mol. The van der Waals surface area contributed by atoms with Gasteiger partial charge in [-0.1, -0.05) is 6.07 Å². The van der Waals surface area contributed by atoms with Crippen LogP contribution in [0.3, 0.4) is 0 Å². The van der Waals surface area contributed by atoms with Gasteiger partial charge in [-0.3, -0.25) is 14.9 Å². The van der Waals surface area contributed by atoms with Crippen molar-refractivity contribution in [1.29, 1.82) is 0 Å². The van der Waals surface area contributed by atoms with Gasteiger partial charge < -0.3 is 4.74 Å². The first kappa shape index (κ1) is 11.6. The fourth-order valence-corrected chi connectivity index (χ4v) is 1.56. The van der Waals surface area contributed by atoms with E-state index in [9.17, 15) is 14.9 Å². The summed E-state index contributed by atoms with van der Waals surface area (Å²) in [6.07, 6.45) is 1.83. The second-order valence-electron chi connectivity index (χ2n) is 4.26. The van der Waals surface area contributed by atoms with Gasteiger partial charge in [0, 0.05) is 12.0 Å². The van der Waals surface area contributed by atoms with Gasteiger partial charge in [0.2, 0.25) is 0 Å². The third-order valence-corrected chi connectivity index (χ3v) is 2.71. The second-order valence-corrected chi connectivity index (χ2v) is 4.26. The smallest absolute Gasteiger partial charge is 0.310 e. The number of nitro benzene ring substituents is 1. The van der Waals surface area contributed by atoms with Gasteiger partial charge in [0.15, 0.2) is 11.5 Å². The van der Waals surface area contributed by atoms with Crippen LogP contribution in [-0.2, 0) is 4.79 Å². The van der Waals surface area contributed by atoms with E-state index in [-0.39, 0.29) is 29.7 Å². The topological polar surface area (TPSA) is 69.4 Å². The first-order valence-corrected chi connectivity index (χ1v) is 5.48. The maximum atomic E-state index is 11.4. The Morgan fingerprint density at radius 3 is 2.82 bits per heavy atom. The monoisotopic (exact) mass is 235 g/mol. The highest BCUT2D eigenvalue weighted by molar-refractivity contribution is 5.84. The van der Waals surface area contributed by atoms with Crippen molar-refractivity contribution in [3.63, 3.8) is 0 Å². The lowest BCUT2D eigenvalue weighted by Crippen LogP contribution is -2.13. The van der Waals surface area contributed by atoms with Gasteiger partial charge in [0.25, 0.3) is 0 Å². The van der Waals surface area contributed by atoms with Crippen LogP contribution in [0.2, 0.25) is 0 Å². The number of benzene rings is 1. The fourth-order valence-electron chi connectivity index (χ4n) is 1.56. The molecular formula is C12H13NO4. The lowest BCUT2D eigenvalue weighted by molar-refractivity contribution is -0.385. The van der Waals surface area contributed by atoms with Crippen molar-refractivity contribution in [3.8, 4) is 5.75 Å². The van der Waals surface area contributed by atoms with Crippen molar-refractivity contribution in [2.45, 2.75) is 19.8 Å². The molecule has 5 heteroatoms. The third-order valence-electron chi connectivity index (χ3n) is 2.71. The Morgan fingerprint density at radius 2 is 2.24 bits per heavy atom. The predicted molar refractivity (Wildman–Crippen MR) is 61.1 cm³/mol. The van der Waals surface area contributed by atoms with Crippen molar-refractivity contribution in [1.82, 2.24) is 0 Å². The van der Waals surface area contributed by atoms with Gasteiger partial charge in [-0.25, -0.2) is 0 Å². The van der Waals surface area contributed by atoms with Gasteiger partial charge in [0.05, 0.1) is 4.92 Å². The fraction of sp³-hybridized carbons (Fsp3) is 0.417. The molecule has 1 fully saturated rings. The van der Waals surface area contributed by atoms with Crippen LogP contribution in [0.5, 0.6) is 5.75 Å². The summed E-state index contributed by atoms with van der Waals surface area (Å²) in [7, 11) is 0. The first-order chi connectivity index (χ1) is 8.08. The largest absolute Gasteiger partial charge is 0.479 e. The summed E-state index contributed by atoms with van der Waals surface area (Å²) in [5, 5.41) is 10.8. The zero-order chi connectivity index (χ0) is 12.4. The van der Waals surface area contributed by atoms with Gasteiger partial charge in [-0.15, -0.1) is 0 Å². The van der Waals surface area contributed by atoms with Crippen molar-refractivity contribution in [3.05, 3.63) is 33.9 Å². The number of hydrogen-bond acceptors (Lipinski definition) is 4. The normalized spacial score (nSPS) is 14.4. The van der Waals surface area contributed by atoms with Gasteiger partial charge in [-0.05, 0) is 31.4 Å². The van der Waals surface area contributed by atoms with Crippen molar-refractivity contribution >= 4 is 11.5 Å². The number of ketones is 1. The SMILES string of the molecule is Cc1ccc([N+](=O)[O-])c(OCC(=O)C2CC2)c1. The van der Waals surface area contributed by atoms with Gasteiger partial charge in [-0.2, -0.15) is 0 Å². The molecule has 90 valence electrons. The molecule has 1 saturated carbocycles. The summed E-state index contributed by atoms with van der Waals surface area (Å²) in [5.74, 6) is 0.309. The van der Waals surface area contributed by atoms with Crippen molar-refractivity contribution < 1.29 is 14.5 Å². The summed E-state index contributed by atoms with van der Waals surface area (Å²) in [4.78, 5) is 21.7. The van der Waals surface area contributed by atoms with Crippen molar-refractivity contribution in [2.75, 3.05) is 6.61 Å². The highest BCUT2D eigenvalue weighted by Gasteiger charge is 2.30. The number of ether oxygens (including phenoxy) is 1. The zero-order valence-corrected chi connectivity index (χ0v) is 9.51. The van der Waals surface area contributed by atoms with E-state index in [0.29, 0.717) is 0 Å². The Balaban J connectivity index is 2.09. The number of Topliss-reactive ketones (excluding diaryl/α,β-unsaturated/α-hetero) is 1. The summed E-state index contributed by atoms with van der Waals surface area (Å²) in [6, 6.07) is 4.62.